The van der Waals surface area contributed by atoms with Crippen molar-refractivity contribution in [2.45, 2.75) is 25.9 Å². The highest BCUT2D eigenvalue weighted by Gasteiger charge is 2.31. The van der Waals surface area contributed by atoms with E-state index in [1.165, 1.54) is 0 Å². The Labute approximate surface area is 124 Å². The Morgan fingerprint density at radius 3 is 2.81 bits per heavy atom. The molecule has 0 saturated carbocycles. The second-order valence-electron chi connectivity index (χ2n) is 5.42. The summed E-state index contributed by atoms with van der Waals surface area (Å²) >= 11 is 0. The molecule has 2 amide bonds. The summed E-state index contributed by atoms with van der Waals surface area (Å²) in [6.45, 7) is 4.33. The van der Waals surface area contributed by atoms with Crippen molar-refractivity contribution in [2.75, 3.05) is 33.7 Å². The Morgan fingerprint density at radius 1 is 1.43 bits per heavy atom. The summed E-state index contributed by atoms with van der Waals surface area (Å²) in [7, 11) is 3.53. The lowest BCUT2D eigenvalue weighted by Crippen LogP contribution is -2.58. The predicted octanol–water partition coefficient (Wildman–Crippen LogP) is -0.530. The van der Waals surface area contributed by atoms with E-state index < -0.39 is 0 Å². The maximum absolute atomic E-state index is 12.3. The molecule has 7 heteroatoms. The number of amides is 2. The molecule has 1 fully saturated rings. The first kappa shape index (κ1) is 15.5. The number of aromatic nitrogens is 2. The van der Waals surface area contributed by atoms with Gasteiger partial charge in [-0.25, -0.2) is 0 Å². The fourth-order valence-corrected chi connectivity index (χ4v) is 2.51. The summed E-state index contributed by atoms with van der Waals surface area (Å²) in [6, 6.07) is 1.65. The molecule has 116 valence electrons. The molecule has 0 bridgehead atoms. The predicted molar refractivity (Wildman–Crippen MR) is 78.6 cm³/mol. The van der Waals surface area contributed by atoms with Crippen LogP contribution in [0, 0.1) is 6.92 Å². The molecule has 1 aromatic rings. The molecule has 0 aromatic carbocycles. The van der Waals surface area contributed by atoms with Crippen LogP contribution in [0.5, 0.6) is 0 Å². The fraction of sp³-hybridized carbons (Fsp3) is 0.643. The van der Waals surface area contributed by atoms with Gasteiger partial charge in [-0.05, 0) is 20.0 Å². The minimum atomic E-state index is -0.264. The van der Waals surface area contributed by atoms with E-state index in [0.29, 0.717) is 32.6 Å². The molecule has 1 atom stereocenters. The van der Waals surface area contributed by atoms with E-state index in [9.17, 15) is 9.59 Å². The van der Waals surface area contributed by atoms with Crippen LogP contribution in [0.1, 0.15) is 12.1 Å². The number of carbonyl (C=O) groups excluding carboxylic acids is 2. The normalized spacial score (nSPS) is 19.6. The van der Waals surface area contributed by atoms with Crippen molar-refractivity contribution in [3.8, 4) is 0 Å². The van der Waals surface area contributed by atoms with E-state index in [-0.39, 0.29) is 17.9 Å². The Kier molecular flexibility index (Phi) is 4.95. The van der Waals surface area contributed by atoms with Gasteiger partial charge in [-0.3, -0.25) is 19.2 Å². The van der Waals surface area contributed by atoms with Crippen LogP contribution in [0.3, 0.4) is 0 Å². The van der Waals surface area contributed by atoms with Crippen LogP contribution in [0.2, 0.25) is 0 Å². The molecular weight excluding hydrogens is 270 g/mol. The van der Waals surface area contributed by atoms with Crippen LogP contribution in [0.15, 0.2) is 12.3 Å². The molecule has 0 unspecified atom stereocenters. The SMILES string of the molecule is CNC(=O)[C@@H]1CN(C(=O)CCn2ccc(C)n2)CCN1C. The number of hydrogen-bond donors (Lipinski definition) is 1. The topological polar surface area (TPSA) is 70.5 Å². The fourth-order valence-electron chi connectivity index (χ4n) is 2.51. The monoisotopic (exact) mass is 293 g/mol. The molecule has 2 rings (SSSR count). The first-order valence-electron chi connectivity index (χ1n) is 7.21. The molecule has 1 N–H and O–H groups in total. The van der Waals surface area contributed by atoms with Crippen molar-refractivity contribution < 1.29 is 9.59 Å². The van der Waals surface area contributed by atoms with Crippen molar-refractivity contribution in [2.24, 2.45) is 0 Å². The van der Waals surface area contributed by atoms with E-state index in [1.807, 2.05) is 31.1 Å². The molecule has 0 aliphatic carbocycles. The van der Waals surface area contributed by atoms with E-state index in [2.05, 4.69) is 10.4 Å². The molecule has 21 heavy (non-hydrogen) atoms. The number of carbonyl (C=O) groups is 2. The van der Waals surface area contributed by atoms with Crippen molar-refractivity contribution in [1.29, 1.82) is 0 Å². The number of piperazine rings is 1. The van der Waals surface area contributed by atoms with Gasteiger partial charge in [0.25, 0.3) is 0 Å². The van der Waals surface area contributed by atoms with Crippen molar-refractivity contribution in [3.63, 3.8) is 0 Å². The highest BCUT2D eigenvalue weighted by molar-refractivity contribution is 5.83. The van der Waals surface area contributed by atoms with Gasteiger partial charge in [0.1, 0.15) is 6.04 Å². The van der Waals surface area contributed by atoms with Gasteiger partial charge in [0.15, 0.2) is 0 Å². The standard InChI is InChI=1S/C14H23N5O2/c1-11-4-6-19(16-11)7-5-13(20)18-9-8-17(3)12(10-18)14(21)15-2/h4,6,12H,5,7-10H2,1-3H3,(H,15,21)/t12-/m0/s1. The summed E-state index contributed by atoms with van der Waals surface area (Å²) < 4.78 is 1.78. The van der Waals surface area contributed by atoms with E-state index in [1.54, 1.807) is 16.6 Å². The molecule has 1 saturated heterocycles. The van der Waals surface area contributed by atoms with Crippen molar-refractivity contribution in [1.82, 2.24) is 24.9 Å². The summed E-state index contributed by atoms with van der Waals surface area (Å²) in [4.78, 5) is 27.9. The van der Waals surface area contributed by atoms with Gasteiger partial charge in [-0.1, -0.05) is 0 Å². The summed E-state index contributed by atoms with van der Waals surface area (Å²) in [6.07, 6.45) is 2.28. The first-order valence-corrected chi connectivity index (χ1v) is 7.21. The van der Waals surface area contributed by atoms with E-state index >= 15 is 0 Å². The van der Waals surface area contributed by atoms with Gasteiger partial charge in [-0.15, -0.1) is 0 Å². The largest absolute Gasteiger partial charge is 0.358 e. The van der Waals surface area contributed by atoms with Crippen LogP contribution >= 0.6 is 0 Å². The zero-order valence-corrected chi connectivity index (χ0v) is 12.9. The lowest BCUT2D eigenvalue weighted by atomic mass is 10.1. The molecule has 1 aromatic heterocycles. The number of nitrogens with zero attached hydrogens (tertiary/aromatic N) is 4. The minimum absolute atomic E-state index is 0.0438. The molecule has 0 spiro atoms. The number of hydrogen-bond acceptors (Lipinski definition) is 4. The molecule has 1 aliphatic rings. The number of likely N-dealkylation sites (N-methyl/N-ethyl adjacent to an activating group) is 2. The summed E-state index contributed by atoms with van der Waals surface area (Å²) in [5.41, 5.74) is 0.946. The third kappa shape index (κ3) is 3.81. The Morgan fingerprint density at radius 2 is 2.19 bits per heavy atom. The van der Waals surface area contributed by atoms with Gasteiger partial charge in [0.2, 0.25) is 11.8 Å². The zero-order valence-electron chi connectivity index (χ0n) is 12.9. The van der Waals surface area contributed by atoms with Crippen LogP contribution < -0.4 is 5.32 Å². The third-order valence-electron chi connectivity index (χ3n) is 3.88. The third-order valence-corrected chi connectivity index (χ3v) is 3.88. The van der Waals surface area contributed by atoms with Crippen molar-refractivity contribution >= 4 is 11.8 Å². The highest BCUT2D eigenvalue weighted by atomic mass is 16.2. The van der Waals surface area contributed by atoms with Gasteiger partial charge >= 0.3 is 0 Å². The van der Waals surface area contributed by atoms with Gasteiger partial charge < -0.3 is 10.2 Å². The summed E-state index contributed by atoms with van der Waals surface area (Å²) in [5.74, 6) is 0.0304. The first-order chi connectivity index (χ1) is 10.0. The molecule has 7 nitrogen and oxygen atoms in total. The molecule has 0 radical (unpaired) electrons. The number of rotatable bonds is 4. The average molecular weight is 293 g/mol. The average Bonchev–Trinajstić information content (AvgIpc) is 2.90. The number of aryl methyl sites for hydroxylation is 2. The minimum Gasteiger partial charge on any atom is -0.358 e. The Balaban J connectivity index is 1.88. The van der Waals surface area contributed by atoms with Crippen LogP contribution in [0.4, 0.5) is 0 Å². The zero-order chi connectivity index (χ0) is 15.4. The summed E-state index contributed by atoms with van der Waals surface area (Å²) in [5, 5.41) is 6.92. The lowest BCUT2D eigenvalue weighted by molar-refractivity contribution is -0.137. The quantitative estimate of drug-likeness (QED) is 0.810. The number of nitrogens with one attached hydrogen (secondary N) is 1. The maximum Gasteiger partial charge on any atom is 0.238 e. The van der Waals surface area contributed by atoms with Gasteiger partial charge in [0.05, 0.1) is 5.69 Å². The smallest absolute Gasteiger partial charge is 0.238 e. The Bertz CT molecular complexity index is 513. The maximum atomic E-state index is 12.3. The second-order valence-corrected chi connectivity index (χ2v) is 5.42. The Hall–Kier alpha value is -1.89. The highest BCUT2D eigenvalue weighted by Crippen LogP contribution is 2.10. The van der Waals surface area contributed by atoms with E-state index in [0.717, 1.165) is 5.69 Å². The van der Waals surface area contributed by atoms with Crippen molar-refractivity contribution in [3.05, 3.63) is 18.0 Å². The van der Waals surface area contributed by atoms with Crippen LogP contribution in [-0.4, -0.2) is 71.2 Å². The van der Waals surface area contributed by atoms with Crippen LogP contribution in [-0.2, 0) is 16.1 Å². The van der Waals surface area contributed by atoms with Gasteiger partial charge in [-0.2, -0.15) is 5.10 Å². The molecule has 2 heterocycles. The lowest BCUT2D eigenvalue weighted by Gasteiger charge is -2.38. The molecule has 1 aliphatic heterocycles. The second kappa shape index (κ2) is 6.71. The molecular formula is C14H23N5O2. The van der Waals surface area contributed by atoms with Crippen LogP contribution in [0.25, 0.3) is 0 Å². The van der Waals surface area contributed by atoms with E-state index in [4.69, 9.17) is 0 Å². The van der Waals surface area contributed by atoms with Gasteiger partial charge in [0, 0.05) is 45.8 Å².